The Hall–Kier alpha value is -3.43. The summed E-state index contributed by atoms with van der Waals surface area (Å²) in [6, 6.07) is 20.6. The molecule has 1 aromatic heterocycles. The van der Waals surface area contributed by atoms with Gasteiger partial charge in [-0.15, -0.1) is 0 Å². The highest BCUT2D eigenvalue weighted by molar-refractivity contribution is 7.93. The van der Waals surface area contributed by atoms with Gasteiger partial charge >= 0.3 is 0 Å². The van der Waals surface area contributed by atoms with Crippen LogP contribution in [0.2, 0.25) is 0 Å². The predicted octanol–water partition coefficient (Wildman–Crippen LogP) is 3.11. The molecule has 0 spiro atoms. The molecule has 0 saturated carbocycles. The monoisotopic (exact) mass is 480 g/mol. The molecular formula is C25H28N4O4S. The van der Waals surface area contributed by atoms with E-state index in [0.29, 0.717) is 37.2 Å². The van der Waals surface area contributed by atoms with E-state index in [9.17, 15) is 13.2 Å². The van der Waals surface area contributed by atoms with E-state index in [1.807, 2.05) is 6.07 Å². The third-order valence-corrected chi connectivity index (χ3v) is 8.09. The van der Waals surface area contributed by atoms with Gasteiger partial charge in [-0.25, -0.2) is 13.4 Å². The summed E-state index contributed by atoms with van der Waals surface area (Å²) in [5, 5.41) is 6.23. The number of ether oxygens (including phenoxy) is 1. The molecule has 3 aromatic rings. The molecule has 1 aliphatic heterocycles. The quantitative estimate of drug-likeness (QED) is 0.457. The van der Waals surface area contributed by atoms with Gasteiger partial charge < -0.3 is 15.4 Å². The Morgan fingerprint density at radius 1 is 1.00 bits per heavy atom. The lowest BCUT2D eigenvalue weighted by Gasteiger charge is -2.42. The maximum Gasteiger partial charge on any atom is 0.262 e. The van der Waals surface area contributed by atoms with Gasteiger partial charge in [-0.05, 0) is 55.8 Å². The molecule has 0 aliphatic carbocycles. The van der Waals surface area contributed by atoms with Crippen LogP contribution in [0.5, 0.6) is 5.75 Å². The van der Waals surface area contributed by atoms with Crippen molar-refractivity contribution in [3.63, 3.8) is 0 Å². The van der Waals surface area contributed by atoms with Gasteiger partial charge in [0.2, 0.25) is 0 Å². The molecule has 1 saturated heterocycles. The zero-order valence-corrected chi connectivity index (χ0v) is 19.7. The summed E-state index contributed by atoms with van der Waals surface area (Å²) >= 11 is 0. The van der Waals surface area contributed by atoms with Crippen molar-refractivity contribution < 1.29 is 17.9 Å². The van der Waals surface area contributed by atoms with Crippen molar-refractivity contribution in [3.8, 4) is 5.75 Å². The second-order valence-corrected chi connectivity index (χ2v) is 9.96. The minimum atomic E-state index is -4.23. The van der Waals surface area contributed by atoms with Crippen molar-refractivity contribution in [3.05, 3.63) is 90.1 Å². The molecular weight excluding hydrogens is 452 g/mol. The van der Waals surface area contributed by atoms with Crippen molar-refractivity contribution in [2.45, 2.75) is 17.7 Å². The predicted molar refractivity (Wildman–Crippen MR) is 131 cm³/mol. The molecule has 8 nitrogen and oxygen atoms in total. The van der Waals surface area contributed by atoms with E-state index in [1.54, 1.807) is 66.7 Å². The van der Waals surface area contributed by atoms with Crippen molar-refractivity contribution in [2.75, 3.05) is 24.9 Å². The highest BCUT2D eigenvalue weighted by Crippen LogP contribution is 2.41. The summed E-state index contributed by atoms with van der Waals surface area (Å²) in [7, 11) is -2.75. The lowest BCUT2D eigenvalue weighted by atomic mass is 9.85. The van der Waals surface area contributed by atoms with E-state index in [4.69, 9.17) is 4.74 Å². The SMILES string of the molecule is COc1ccccc1C(=O)NC(c1ccccc1)(C1CCNCC1)S(=O)(=O)Nc1ccccn1. The number of piperidine rings is 1. The van der Waals surface area contributed by atoms with E-state index in [0.717, 1.165) is 0 Å². The van der Waals surface area contributed by atoms with Gasteiger partial charge in [0, 0.05) is 12.1 Å². The molecule has 4 rings (SSSR count). The van der Waals surface area contributed by atoms with Crippen LogP contribution in [0.3, 0.4) is 0 Å². The summed E-state index contributed by atoms with van der Waals surface area (Å²) in [5.74, 6) is -0.382. The Labute approximate surface area is 199 Å². The summed E-state index contributed by atoms with van der Waals surface area (Å²) in [6.45, 7) is 1.28. The number of carbonyl (C=O) groups is 1. The molecule has 3 N–H and O–H groups in total. The summed E-state index contributed by atoms with van der Waals surface area (Å²) in [5.41, 5.74) is 0.737. The largest absolute Gasteiger partial charge is 0.496 e. The summed E-state index contributed by atoms with van der Waals surface area (Å²) < 4.78 is 36.5. The van der Waals surface area contributed by atoms with Gasteiger partial charge in [0.05, 0.1) is 12.7 Å². The third-order valence-electron chi connectivity index (χ3n) is 6.10. The first kappa shape index (κ1) is 23.7. The number of rotatable bonds is 8. The Morgan fingerprint density at radius 2 is 1.68 bits per heavy atom. The van der Waals surface area contributed by atoms with Crippen molar-refractivity contribution in [2.24, 2.45) is 5.92 Å². The summed E-state index contributed by atoms with van der Waals surface area (Å²) in [6.07, 6.45) is 2.63. The minimum Gasteiger partial charge on any atom is -0.496 e. The fourth-order valence-electron chi connectivity index (χ4n) is 4.48. The average molecular weight is 481 g/mol. The van der Waals surface area contributed by atoms with E-state index in [-0.39, 0.29) is 11.4 Å². The second kappa shape index (κ2) is 10.2. The first-order valence-corrected chi connectivity index (χ1v) is 12.6. The Bertz CT molecular complexity index is 1220. The standard InChI is InChI=1S/C25H28N4O4S/c1-33-22-12-6-5-11-21(22)24(30)28-25(19-9-3-2-4-10-19,20-14-17-26-18-15-20)34(31,32)29-23-13-7-8-16-27-23/h2-13,16,20,26H,14-15,17-18H2,1H3,(H,27,29)(H,28,30). The molecule has 9 heteroatoms. The number of methoxy groups -OCH3 is 1. The van der Waals surface area contributed by atoms with Crippen molar-refractivity contribution in [1.82, 2.24) is 15.6 Å². The highest BCUT2D eigenvalue weighted by Gasteiger charge is 2.53. The van der Waals surface area contributed by atoms with E-state index >= 15 is 0 Å². The number of pyridine rings is 1. The summed E-state index contributed by atoms with van der Waals surface area (Å²) in [4.78, 5) is 16.0. The van der Waals surface area contributed by atoms with Crippen LogP contribution in [0, 0.1) is 5.92 Å². The van der Waals surface area contributed by atoms with Gasteiger partial charge in [0.15, 0.2) is 4.87 Å². The van der Waals surface area contributed by atoms with Gasteiger partial charge in [-0.3, -0.25) is 9.52 Å². The molecule has 1 aliphatic rings. The van der Waals surface area contributed by atoms with Gasteiger partial charge in [-0.2, -0.15) is 0 Å². The second-order valence-electron chi connectivity index (χ2n) is 8.10. The lowest BCUT2D eigenvalue weighted by Crippen LogP contribution is -2.60. The third kappa shape index (κ3) is 4.62. The van der Waals surface area contributed by atoms with Crippen molar-refractivity contribution >= 4 is 21.7 Å². The number of sulfonamides is 1. The number of hydrogen-bond donors (Lipinski definition) is 3. The number of benzene rings is 2. The lowest BCUT2D eigenvalue weighted by molar-refractivity contribution is 0.0887. The fourth-order valence-corrected chi connectivity index (χ4v) is 6.38. The van der Waals surface area contributed by atoms with E-state index < -0.39 is 26.7 Å². The Balaban J connectivity index is 1.88. The van der Waals surface area contributed by atoms with Crippen LogP contribution < -0.4 is 20.1 Å². The molecule has 1 amide bonds. The highest BCUT2D eigenvalue weighted by atomic mass is 32.2. The number of para-hydroxylation sites is 1. The molecule has 34 heavy (non-hydrogen) atoms. The van der Waals surface area contributed by atoms with Crippen LogP contribution in [-0.2, 0) is 14.9 Å². The first-order chi connectivity index (χ1) is 16.5. The van der Waals surface area contributed by atoms with Gasteiger partial charge in [0.1, 0.15) is 11.6 Å². The number of nitrogens with one attached hydrogen (secondary N) is 3. The van der Waals surface area contributed by atoms with Crippen LogP contribution in [0.15, 0.2) is 79.0 Å². The first-order valence-electron chi connectivity index (χ1n) is 11.1. The number of hydrogen-bond acceptors (Lipinski definition) is 6. The van der Waals surface area contributed by atoms with Crippen LogP contribution >= 0.6 is 0 Å². The smallest absolute Gasteiger partial charge is 0.262 e. The van der Waals surface area contributed by atoms with E-state index in [2.05, 4.69) is 20.3 Å². The minimum absolute atomic E-state index is 0.184. The molecule has 2 aromatic carbocycles. The molecule has 0 radical (unpaired) electrons. The number of anilines is 1. The van der Waals surface area contributed by atoms with Crippen molar-refractivity contribution in [1.29, 1.82) is 0 Å². The number of aromatic nitrogens is 1. The molecule has 2 heterocycles. The molecule has 178 valence electrons. The van der Waals surface area contributed by atoms with Gasteiger partial charge in [0.25, 0.3) is 15.9 Å². The Morgan fingerprint density at radius 3 is 2.35 bits per heavy atom. The molecule has 1 atom stereocenters. The number of nitrogens with zero attached hydrogens (tertiary/aromatic N) is 1. The van der Waals surface area contributed by atoms with Crippen LogP contribution in [0.25, 0.3) is 0 Å². The molecule has 1 unspecified atom stereocenters. The average Bonchev–Trinajstić information content (AvgIpc) is 2.88. The van der Waals surface area contributed by atoms with Crippen LogP contribution in [0.1, 0.15) is 28.8 Å². The maximum atomic E-state index is 14.2. The number of carbonyl (C=O) groups excluding carboxylic acids is 1. The number of amides is 1. The molecule has 1 fully saturated rings. The van der Waals surface area contributed by atoms with Crippen LogP contribution in [0.4, 0.5) is 5.82 Å². The topological polar surface area (TPSA) is 109 Å². The zero-order valence-electron chi connectivity index (χ0n) is 18.9. The molecule has 0 bridgehead atoms. The zero-order chi connectivity index (χ0) is 24.0. The van der Waals surface area contributed by atoms with Gasteiger partial charge in [-0.1, -0.05) is 48.5 Å². The van der Waals surface area contributed by atoms with E-state index in [1.165, 1.54) is 13.3 Å². The Kier molecular flexibility index (Phi) is 7.14. The van der Waals surface area contributed by atoms with Crippen LogP contribution in [-0.4, -0.2) is 39.5 Å². The fraction of sp³-hybridized carbons (Fsp3) is 0.280. The normalized spacial score (nSPS) is 16.3. The maximum absolute atomic E-state index is 14.2.